The highest BCUT2D eigenvalue weighted by Crippen LogP contribution is 2.49. The molecule has 7 nitrogen and oxygen atoms in total. The molecule has 0 aliphatic heterocycles. The Kier molecular flexibility index (Phi) is 5.94. The second-order valence-electron chi connectivity index (χ2n) is 9.58. The van der Waals surface area contributed by atoms with Crippen LogP contribution in [0.4, 0.5) is 13.6 Å². The van der Waals surface area contributed by atoms with Gasteiger partial charge in [0.1, 0.15) is 6.61 Å². The lowest BCUT2D eigenvalue weighted by Crippen LogP contribution is -2.54. The molecule has 0 heterocycles. The summed E-state index contributed by atoms with van der Waals surface area (Å²) in [5.74, 6) is -7.86. The minimum atomic E-state index is -3.91. The molecule has 3 aliphatic rings. The van der Waals surface area contributed by atoms with Gasteiger partial charge in [-0.15, -0.1) is 0 Å². The standard InChI is InChI=1S/C26H26F2N2O5/c27-26(28,24(33)30-22-15-10-9-14(11-15)21(22)23(31)32)13-29-25(34)35-12-20-18-7-3-1-5-16(18)17-6-2-4-8-19(17)20/h1-8,14-15,20-22H,9-13H2,(H,29,34)(H,30,33)(H,31,32). The summed E-state index contributed by atoms with van der Waals surface area (Å²) in [6, 6.07) is 14.7. The predicted molar refractivity (Wildman–Crippen MR) is 122 cm³/mol. The van der Waals surface area contributed by atoms with Gasteiger partial charge in [-0.3, -0.25) is 9.59 Å². The van der Waals surface area contributed by atoms with Crippen LogP contribution in [-0.2, 0) is 14.3 Å². The van der Waals surface area contributed by atoms with Gasteiger partial charge in [-0.2, -0.15) is 8.78 Å². The van der Waals surface area contributed by atoms with Gasteiger partial charge in [-0.1, -0.05) is 48.5 Å². The fraction of sp³-hybridized carbons (Fsp3) is 0.423. The minimum Gasteiger partial charge on any atom is -0.481 e. The topological polar surface area (TPSA) is 105 Å². The average Bonchev–Trinajstić information content (AvgIpc) is 3.53. The molecule has 0 saturated heterocycles. The number of fused-ring (bicyclic) bond motifs is 5. The quantitative estimate of drug-likeness (QED) is 0.555. The molecule has 2 amide bonds. The van der Waals surface area contributed by atoms with Gasteiger partial charge >= 0.3 is 18.0 Å². The zero-order valence-electron chi connectivity index (χ0n) is 18.9. The number of ether oxygens (including phenoxy) is 1. The van der Waals surface area contributed by atoms with Crippen LogP contribution in [0.2, 0.25) is 0 Å². The summed E-state index contributed by atoms with van der Waals surface area (Å²) in [5.41, 5.74) is 4.07. The fourth-order valence-corrected chi connectivity index (χ4v) is 6.02. The second-order valence-corrected chi connectivity index (χ2v) is 9.58. The van der Waals surface area contributed by atoms with Crippen LogP contribution >= 0.6 is 0 Å². The Labute approximate surface area is 200 Å². The first kappa shape index (κ1) is 23.3. The number of nitrogens with one attached hydrogen (secondary N) is 2. The number of amides is 2. The molecular formula is C26H26F2N2O5. The Balaban J connectivity index is 1.16. The zero-order chi connectivity index (χ0) is 24.7. The van der Waals surface area contributed by atoms with E-state index < -0.39 is 42.4 Å². The number of aliphatic carboxylic acids is 1. The number of alkyl halides is 2. The fourth-order valence-electron chi connectivity index (χ4n) is 6.02. The molecule has 5 rings (SSSR count). The van der Waals surface area contributed by atoms with E-state index in [4.69, 9.17) is 4.74 Å². The normalized spacial score (nSPS) is 24.5. The second kappa shape index (κ2) is 8.94. The molecular weight excluding hydrogens is 458 g/mol. The molecule has 0 radical (unpaired) electrons. The number of carboxylic acid groups (broad SMARTS) is 1. The van der Waals surface area contributed by atoms with Gasteiger partial charge in [0.05, 0.1) is 12.5 Å². The Morgan fingerprint density at radius 2 is 1.57 bits per heavy atom. The van der Waals surface area contributed by atoms with Gasteiger partial charge in [0.25, 0.3) is 5.91 Å². The third-order valence-corrected chi connectivity index (χ3v) is 7.63. The monoisotopic (exact) mass is 484 g/mol. The van der Waals surface area contributed by atoms with Crippen LogP contribution in [0.25, 0.3) is 11.1 Å². The van der Waals surface area contributed by atoms with Crippen LogP contribution in [0.3, 0.4) is 0 Å². The molecule has 4 atom stereocenters. The summed E-state index contributed by atoms with van der Waals surface area (Å²) in [6.45, 7) is -1.28. The Morgan fingerprint density at radius 1 is 0.971 bits per heavy atom. The summed E-state index contributed by atoms with van der Waals surface area (Å²) >= 11 is 0. The molecule has 3 N–H and O–H groups in total. The van der Waals surface area contributed by atoms with E-state index in [-0.39, 0.29) is 24.4 Å². The Hall–Kier alpha value is -3.49. The summed E-state index contributed by atoms with van der Waals surface area (Å²) in [6.07, 6.45) is 1.00. The number of halogens is 2. The number of rotatable bonds is 7. The molecule has 4 unspecified atom stereocenters. The van der Waals surface area contributed by atoms with Crippen LogP contribution in [0.15, 0.2) is 48.5 Å². The first-order valence-corrected chi connectivity index (χ1v) is 11.8. The van der Waals surface area contributed by atoms with Crippen LogP contribution in [0.5, 0.6) is 0 Å². The van der Waals surface area contributed by atoms with Gasteiger partial charge in [0.15, 0.2) is 0 Å². The maximum Gasteiger partial charge on any atom is 0.407 e. The van der Waals surface area contributed by atoms with E-state index in [1.807, 2.05) is 53.8 Å². The third kappa shape index (κ3) is 4.24. The van der Waals surface area contributed by atoms with Crippen molar-refractivity contribution in [2.24, 2.45) is 17.8 Å². The summed E-state index contributed by atoms with van der Waals surface area (Å²) in [4.78, 5) is 36.1. The maximum absolute atomic E-state index is 14.5. The van der Waals surface area contributed by atoms with Crippen molar-refractivity contribution in [3.63, 3.8) is 0 Å². The molecule has 2 saturated carbocycles. The molecule has 9 heteroatoms. The van der Waals surface area contributed by atoms with Crippen molar-refractivity contribution in [2.45, 2.75) is 37.1 Å². The Morgan fingerprint density at radius 3 is 2.20 bits per heavy atom. The van der Waals surface area contributed by atoms with Gasteiger partial charge in [0, 0.05) is 12.0 Å². The number of hydrogen-bond acceptors (Lipinski definition) is 4. The van der Waals surface area contributed by atoms with Crippen LogP contribution in [0, 0.1) is 17.8 Å². The van der Waals surface area contributed by atoms with Crippen LogP contribution in [-0.4, -0.2) is 48.2 Å². The van der Waals surface area contributed by atoms with E-state index in [0.29, 0.717) is 12.8 Å². The lowest BCUT2D eigenvalue weighted by atomic mass is 9.84. The van der Waals surface area contributed by atoms with E-state index in [2.05, 4.69) is 5.32 Å². The number of carboxylic acids is 1. The Bertz CT molecular complexity index is 1120. The number of alkyl carbamates (subject to hydrolysis) is 1. The van der Waals surface area contributed by atoms with E-state index in [0.717, 1.165) is 28.7 Å². The van der Waals surface area contributed by atoms with Crippen LogP contribution in [0.1, 0.15) is 36.3 Å². The summed E-state index contributed by atoms with van der Waals surface area (Å²) in [5, 5.41) is 13.7. The molecule has 2 fully saturated rings. The number of benzene rings is 2. The van der Waals surface area contributed by atoms with Crippen LogP contribution < -0.4 is 10.6 Å². The largest absolute Gasteiger partial charge is 0.481 e. The summed E-state index contributed by atoms with van der Waals surface area (Å²) in [7, 11) is 0. The van der Waals surface area contributed by atoms with Crippen molar-refractivity contribution >= 4 is 18.0 Å². The third-order valence-electron chi connectivity index (χ3n) is 7.63. The van der Waals surface area contributed by atoms with Crippen molar-refractivity contribution in [3.05, 3.63) is 59.7 Å². The van der Waals surface area contributed by atoms with E-state index in [1.54, 1.807) is 0 Å². The van der Waals surface area contributed by atoms with Crippen molar-refractivity contribution in [1.82, 2.24) is 10.6 Å². The van der Waals surface area contributed by atoms with Crippen molar-refractivity contribution in [1.29, 1.82) is 0 Å². The number of carbonyl (C=O) groups excluding carboxylic acids is 2. The number of hydrogen-bond donors (Lipinski definition) is 3. The smallest absolute Gasteiger partial charge is 0.407 e. The summed E-state index contributed by atoms with van der Waals surface area (Å²) < 4.78 is 34.3. The van der Waals surface area contributed by atoms with E-state index in [9.17, 15) is 28.3 Å². The van der Waals surface area contributed by atoms with Gasteiger partial charge in [-0.25, -0.2) is 4.79 Å². The molecule has 3 aliphatic carbocycles. The predicted octanol–water partition coefficient (Wildman–Crippen LogP) is 3.78. The van der Waals surface area contributed by atoms with Gasteiger partial charge in [-0.05, 0) is 53.4 Å². The molecule has 184 valence electrons. The molecule has 35 heavy (non-hydrogen) atoms. The highest BCUT2D eigenvalue weighted by molar-refractivity contribution is 5.85. The lowest BCUT2D eigenvalue weighted by Gasteiger charge is -2.30. The highest BCUT2D eigenvalue weighted by atomic mass is 19.3. The molecule has 2 aromatic rings. The van der Waals surface area contributed by atoms with Crippen molar-refractivity contribution < 1.29 is 33.0 Å². The molecule has 0 spiro atoms. The zero-order valence-corrected chi connectivity index (χ0v) is 18.9. The first-order valence-electron chi connectivity index (χ1n) is 11.8. The minimum absolute atomic E-state index is 0.0386. The van der Waals surface area contributed by atoms with Crippen molar-refractivity contribution in [3.8, 4) is 11.1 Å². The van der Waals surface area contributed by atoms with Gasteiger partial charge in [0.2, 0.25) is 0 Å². The number of carbonyl (C=O) groups is 3. The van der Waals surface area contributed by atoms with E-state index >= 15 is 0 Å². The SMILES string of the molecule is O=C(NCC(F)(F)C(=O)NC1C2CCC(C2)C1C(=O)O)OCC1c2ccccc2-c2ccccc21. The maximum atomic E-state index is 14.5. The van der Waals surface area contributed by atoms with E-state index in [1.165, 1.54) is 0 Å². The first-order chi connectivity index (χ1) is 16.8. The van der Waals surface area contributed by atoms with Crippen molar-refractivity contribution in [2.75, 3.05) is 13.2 Å². The molecule has 2 bridgehead atoms. The molecule has 0 aromatic heterocycles. The van der Waals surface area contributed by atoms with Gasteiger partial charge < -0.3 is 20.5 Å². The lowest BCUT2D eigenvalue weighted by molar-refractivity contribution is -0.149. The average molecular weight is 484 g/mol. The highest BCUT2D eigenvalue weighted by Gasteiger charge is 2.53. The molecule has 2 aromatic carbocycles.